The fraction of sp³-hybridized carbons (Fsp3) is 0.607. The van der Waals surface area contributed by atoms with Crippen LogP contribution in [0.2, 0.25) is 0 Å². The number of benzene rings is 1. The minimum Gasteiger partial charge on any atom is -0.497 e. The van der Waals surface area contributed by atoms with Crippen LogP contribution in [0.5, 0.6) is 5.75 Å². The lowest BCUT2D eigenvalue weighted by Crippen LogP contribution is -2.71. The van der Waals surface area contributed by atoms with Gasteiger partial charge in [0.1, 0.15) is 18.0 Å². The average Bonchev–Trinajstić information content (AvgIpc) is 3.27. The molecule has 6 rings (SSSR count). The number of aliphatic hydroxyl groups excluding tert-OH is 1. The van der Waals surface area contributed by atoms with E-state index in [9.17, 15) is 19.5 Å². The molecule has 0 aromatic heterocycles. The topological polar surface area (TPSA) is 108 Å². The highest BCUT2D eigenvalue weighted by Gasteiger charge is 2.81. The summed E-state index contributed by atoms with van der Waals surface area (Å²) in [7, 11) is 1.54. The summed E-state index contributed by atoms with van der Waals surface area (Å²) in [4.78, 5) is 41.1. The largest absolute Gasteiger partial charge is 0.497 e. The van der Waals surface area contributed by atoms with Crippen LogP contribution in [-0.2, 0) is 23.8 Å². The summed E-state index contributed by atoms with van der Waals surface area (Å²) in [5.41, 5.74) is -2.11. The Morgan fingerprint density at radius 2 is 1.86 bits per heavy atom. The summed E-state index contributed by atoms with van der Waals surface area (Å²) in [6.45, 7) is 8.42. The molecule has 8 heteroatoms. The zero-order chi connectivity index (χ0) is 25.6. The molecule has 8 nitrogen and oxygen atoms in total. The number of Topliss-reactive ketones (excluding diaryl/α,β-unsaturated/α-hetero) is 1. The van der Waals surface area contributed by atoms with Crippen molar-refractivity contribution in [3.05, 3.63) is 42.0 Å². The van der Waals surface area contributed by atoms with Crippen LogP contribution in [-0.4, -0.2) is 55.0 Å². The smallest absolute Gasteiger partial charge is 0.338 e. The van der Waals surface area contributed by atoms with Gasteiger partial charge >= 0.3 is 11.9 Å². The van der Waals surface area contributed by atoms with Gasteiger partial charge in [0.15, 0.2) is 17.5 Å². The standard InChI is InChI=1S/C28H32O8/c1-14-17-9-10-18-27-13-34-24(31)20(27)26(2,3)12-11-19(27)35-25(32)28(18,21(14)29)22(17)36-23(30)15-5-7-16(33-4)8-6-15/h5-8,17-20,22,24,31H,1,9-13H2,2-4H3/t17-,18-,19-,20+,22+,24+,27+,28-/m0/s1. The molecule has 1 N–H and O–H groups in total. The Kier molecular flexibility index (Phi) is 5.03. The van der Waals surface area contributed by atoms with Gasteiger partial charge in [-0.05, 0) is 66.9 Å². The first kappa shape index (κ1) is 23.7. The number of esters is 2. The summed E-state index contributed by atoms with van der Waals surface area (Å²) < 4.78 is 23.2. The Balaban J connectivity index is 1.45. The second-order valence-electron chi connectivity index (χ2n) is 11.7. The van der Waals surface area contributed by atoms with E-state index in [1.807, 2.05) is 0 Å². The van der Waals surface area contributed by atoms with Crippen molar-refractivity contribution in [2.75, 3.05) is 13.7 Å². The van der Waals surface area contributed by atoms with Gasteiger partial charge in [0.25, 0.3) is 0 Å². The fourth-order valence-electron chi connectivity index (χ4n) is 8.40. The van der Waals surface area contributed by atoms with Crippen molar-refractivity contribution in [3.63, 3.8) is 0 Å². The molecule has 0 radical (unpaired) electrons. The first-order valence-corrected chi connectivity index (χ1v) is 12.7. The quantitative estimate of drug-likeness (QED) is 0.386. The third kappa shape index (κ3) is 2.74. The molecule has 2 heterocycles. The maximum absolute atomic E-state index is 14.0. The van der Waals surface area contributed by atoms with Crippen molar-refractivity contribution < 1.29 is 38.4 Å². The lowest BCUT2D eigenvalue weighted by atomic mass is 9.43. The average molecular weight is 497 g/mol. The number of aliphatic hydroxyl groups is 1. The maximum atomic E-state index is 14.0. The highest BCUT2D eigenvalue weighted by molar-refractivity contribution is 6.16. The Labute approximate surface area is 209 Å². The molecule has 5 fully saturated rings. The minimum atomic E-state index is -1.68. The van der Waals surface area contributed by atoms with E-state index in [0.717, 1.165) is 6.42 Å². The molecular formula is C28H32O8. The van der Waals surface area contributed by atoms with Crippen LogP contribution in [0, 0.1) is 34.0 Å². The third-order valence-electron chi connectivity index (χ3n) is 9.90. The van der Waals surface area contributed by atoms with Crippen LogP contribution in [0.4, 0.5) is 0 Å². The van der Waals surface area contributed by atoms with E-state index in [0.29, 0.717) is 36.1 Å². The summed E-state index contributed by atoms with van der Waals surface area (Å²) in [6, 6.07) is 6.49. The van der Waals surface area contributed by atoms with Gasteiger partial charge in [-0.1, -0.05) is 20.4 Å². The maximum Gasteiger partial charge on any atom is 0.338 e. The van der Waals surface area contributed by atoms with Crippen molar-refractivity contribution in [1.82, 2.24) is 0 Å². The SMILES string of the molecule is C=C1C(=O)[C@@]23C(=O)O[C@H]4CCC(C)(C)[C@H]5[C@H](O)OC[C@@]45[C@@H]2CC[C@@H]1[C@H]3OC(=O)c1ccc(OC)cc1. The summed E-state index contributed by atoms with van der Waals surface area (Å²) in [5, 5.41) is 11.0. The normalized spacial score (nSPS) is 42.2. The molecular weight excluding hydrogens is 464 g/mol. The van der Waals surface area contributed by atoms with Crippen molar-refractivity contribution in [2.45, 2.75) is 58.0 Å². The number of carbonyl (C=O) groups is 3. The van der Waals surface area contributed by atoms with E-state index in [4.69, 9.17) is 18.9 Å². The van der Waals surface area contributed by atoms with Crippen molar-refractivity contribution in [3.8, 4) is 5.75 Å². The predicted octanol–water partition coefficient (Wildman–Crippen LogP) is 3.07. The fourth-order valence-corrected chi connectivity index (χ4v) is 8.40. The van der Waals surface area contributed by atoms with E-state index in [1.165, 1.54) is 7.11 Å². The molecule has 2 aliphatic heterocycles. The number of ketones is 1. The summed E-state index contributed by atoms with van der Waals surface area (Å²) in [5.74, 6) is -2.33. The number of carbonyl (C=O) groups excluding carboxylic acids is 3. The molecule has 2 saturated heterocycles. The van der Waals surface area contributed by atoms with Gasteiger partial charge in [-0.3, -0.25) is 9.59 Å². The van der Waals surface area contributed by atoms with E-state index < -0.39 is 58.9 Å². The van der Waals surface area contributed by atoms with E-state index >= 15 is 0 Å². The predicted molar refractivity (Wildman–Crippen MR) is 126 cm³/mol. The Morgan fingerprint density at radius 3 is 2.56 bits per heavy atom. The van der Waals surface area contributed by atoms with E-state index in [1.54, 1.807) is 24.3 Å². The molecule has 3 aliphatic carbocycles. The van der Waals surface area contributed by atoms with Gasteiger partial charge in [0.05, 0.1) is 19.3 Å². The van der Waals surface area contributed by atoms with Gasteiger partial charge in [-0.15, -0.1) is 0 Å². The van der Waals surface area contributed by atoms with Crippen molar-refractivity contribution in [1.29, 1.82) is 0 Å². The number of rotatable bonds is 3. The highest BCUT2D eigenvalue weighted by atomic mass is 16.6. The molecule has 1 aromatic carbocycles. The van der Waals surface area contributed by atoms with E-state index in [-0.39, 0.29) is 17.9 Å². The molecule has 0 unspecified atom stereocenters. The zero-order valence-corrected chi connectivity index (χ0v) is 20.8. The molecule has 1 aromatic rings. The molecule has 8 atom stereocenters. The van der Waals surface area contributed by atoms with Crippen LogP contribution < -0.4 is 4.74 Å². The first-order valence-electron chi connectivity index (χ1n) is 12.7. The number of ether oxygens (including phenoxy) is 4. The molecule has 5 aliphatic rings. The second kappa shape index (κ2) is 7.65. The van der Waals surface area contributed by atoms with Gasteiger partial charge in [0.2, 0.25) is 0 Å². The lowest BCUT2D eigenvalue weighted by molar-refractivity contribution is -0.249. The second-order valence-corrected chi connectivity index (χ2v) is 11.7. The number of hydrogen-bond acceptors (Lipinski definition) is 8. The molecule has 0 amide bonds. The van der Waals surface area contributed by atoms with Crippen LogP contribution >= 0.6 is 0 Å². The summed E-state index contributed by atoms with van der Waals surface area (Å²) in [6.07, 6.45) is 0.0187. The highest BCUT2D eigenvalue weighted by Crippen LogP contribution is 2.71. The van der Waals surface area contributed by atoms with Crippen LogP contribution in [0.3, 0.4) is 0 Å². The molecule has 36 heavy (non-hydrogen) atoms. The van der Waals surface area contributed by atoms with Crippen molar-refractivity contribution in [2.24, 2.45) is 34.0 Å². The van der Waals surface area contributed by atoms with Gasteiger partial charge in [-0.2, -0.15) is 0 Å². The van der Waals surface area contributed by atoms with Crippen LogP contribution in [0.1, 0.15) is 49.9 Å². The molecule has 2 bridgehead atoms. The zero-order valence-electron chi connectivity index (χ0n) is 20.8. The molecule has 192 valence electrons. The lowest BCUT2D eigenvalue weighted by Gasteiger charge is -2.62. The monoisotopic (exact) mass is 496 g/mol. The minimum absolute atomic E-state index is 0.191. The summed E-state index contributed by atoms with van der Waals surface area (Å²) >= 11 is 0. The molecule has 3 saturated carbocycles. The number of fused-ring (bicyclic) bond motifs is 1. The molecule has 2 spiro atoms. The van der Waals surface area contributed by atoms with Crippen LogP contribution in [0.15, 0.2) is 36.4 Å². The van der Waals surface area contributed by atoms with Crippen molar-refractivity contribution >= 4 is 17.7 Å². The van der Waals surface area contributed by atoms with Gasteiger partial charge in [0, 0.05) is 17.3 Å². The van der Waals surface area contributed by atoms with Crippen LogP contribution in [0.25, 0.3) is 0 Å². The Bertz CT molecular complexity index is 1150. The van der Waals surface area contributed by atoms with Gasteiger partial charge in [-0.25, -0.2) is 4.79 Å². The van der Waals surface area contributed by atoms with E-state index in [2.05, 4.69) is 20.4 Å². The third-order valence-corrected chi connectivity index (χ3v) is 9.90. The number of methoxy groups -OCH3 is 1. The number of hydrogen-bond donors (Lipinski definition) is 1. The first-order chi connectivity index (χ1) is 17.1. The Hall–Kier alpha value is -2.71. The Morgan fingerprint density at radius 1 is 1.14 bits per heavy atom. The van der Waals surface area contributed by atoms with Gasteiger partial charge < -0.3 is 24.1 Å².